The van der Waals surface area contributed by atoms with E-state index >= 15 is 0 Å². The maximum atomic E-state index is 12.9. The van der Waals surface area contributed by atoms with E-state index in [1.165, 1.54) is 0 Å². The molecular weight excluding hydrogens is 270 g/mol. The Kier molecular flexibility index (Phi) is 4.38. The van der Waals surface area contributed by atoms with Gasteiger partial charge in [-0.25, -0.2) is 0 Å². The fourth-order valence-electron chi connectivity index (χ4n) is 3.05. The lowest BCUT2D eigenvalue weighted by Gasteiger charge is -2.22. The van der Waals surface area contributed by atoms with Gasteiger partial charge in [0.1, 0.15) is 0 Å². The number of hydrogen-bond donors (Lipinski definition) is 1. The number of hydrogen-bond acceptors (Lipinski definition) is 1. The minimum atomic E-state index is -0.247. The highest BCUT2D eigenvalue weighted by molar-refractivity contribution is 5.87. The summed E-state index contributed by atoms with van der Waals surface area (Å²) in [4.78, 5) is 12.9. The molecule has 0 spiro atoms. The number of rotatable bonds is 4. The van der Waals surface area contributed by atoms with Gasteiger partial charge in [0, 0.05) is 6.04 Å². The number of aryl methyl sites for hydroxylation is 1. The van der Waals surface area contributed by atoms with E-state index in [-0.39, 0.29) is 17.9 Å². The van der Waals surface area contributed by atoms with Crippen LogP contribution >= 0.6 is 0 Å². The summed E-state index contributed by atoms with van der Waals surface area (Å²) in [7, 11) is 0. The summed E-state index contributed by atoms with van der Waals surface area (Å²) in [5.41, 5.74) is 3.27. The second-order valence-electron chi connectivity index (χ2n) is 5.85. The van der Waals surface area contributed by atoms with Gasteiger partial charge in [0.05, 0.1) is 5.92 Å². The van der Waals surface area contributed by atoms with Crippen molar-refractivity contribution >= 4 is 5.91 Å². The minimum Gasteiger partial charge on any atom is -0.352 e. The zero-order valence-electron chi connectivity index (χ0n) is 12.8. The molecule has 112 valence electrons. The molecule has 0 fully saturated rings. The van der Waals surface area contributed by atoms with Gasteiger partial charge >= 0.3 is 0 Å². The Bertz CT molecular complexity index is 667. The molecule has 1 amide bonds. The van der Waals surface area contributed by atoms with Gasteiger partial charge in [-0.05, 0) is 36.5 Å². The molecule has 0 radical (unpaired) electrons. The van der Waals surface area contributed by atoms with Gasteiger partial charge in [-0.1, -0.05) is 66.7 Å². The molecule has 0 aromatic heterocycles. The molecule has 22 heavy (non-hydrogen) atoms. The number of amides is 1. The molecule has 0 saturated carbocycles. The molecule has 2 heteroatoms. The minimum absolute atomic E-state index is 0.0919. The largest absolute Gasteiger partial charge is 0.352 e. The van der Waals surface area contributed by atoms with E-state index in [0.717, 1.165) is 29.5 Å². The summed E-state index contributed by atoms with van der Waals surface area (Å²) in [5, 5.41) is 3.20. The average Bonchev–Trinajstić information content (AvgIpc) is 3.03. The van der Waals surface area contributed by atoms with Crippen LogP contribution in [0.5, 0.6) is 0 Å². The van der Waals surface area contributed by atoms with Crippen molar-refractivity contribution in [2.45, 2.75) is 31.7 Å². The van der Waals surface area contributed by atoms with Crippen molar-refractivity contribution in [1.82, 2.24) is 5.32 Å². The lowest BCUT2D eigenvalue weighted by atomic mass is 9.87. The Hall–Kier alpha value is -2.35. The number of nitrogens with one attached hydrogen (secondary N) is 1. The van der Waals surface area contributed by atoms with Crippen LogP contribution in [-0.4, -0.2) is 11.9 Å². The molecule has 1 aliphatic rings. The van der Waals surface area contributed by atoms with Crippen LogP contribution < -0.4 is 5.32 Å². The Labute approximate surface area is 131 Å². The van der Waals surface area contributed by atoms with Crippen molar-refractivity contribution in [1.29, 1.82) is 0 Å². The van der Waals surface area contributed by atoms with Crippen LogP contribution in [0.1, 0.15) is 35.4 Å². The number of carbonyl (C=O) groups excluding carboxylic acids is 1. The van der Waals surface area contributed by atoms with Gasteiger partial charge in [0.25, 0.3) is 0 Å². The lowest BCUT2D eigenvalue weighted by Crippen LogP contribution is -2.37. The Morgan fingerprint density at radius 2 is 1.64 bits per heavy atom. The molecule has 2 aromatic carbocycles. The molecular formula is C20H21NO. The van der Waals surface area contributed by atoms with Crippen LogP contribution in [0.2, 0.25) is 0 Å². The van der Waals surface area contributed by atoms with E-state index in [0.29, 0.717) is 0 Å². The molecule has 0 bridgehead atoms. The standard InChI is InChI=1S/C20H21NO/c1-15-9-5-8-14-18(15)19(16-10-3-2-4-11-16)20(22)21-17-12-6-7-13-17/h2-11,14,17,19H,12-13H2,1H3,(H,21,22). The van der Waals surface area contributed by atoms with Crippen LogP contribution in [0.25, 0.3) is 0 Å². The third kappa shape index (κ3) is 3.11. The monoisotopic (exact) mass is 291 g/mol. The molecule has 1 atom stereocenters. The van der Waals surface area contributed by atoms with Gasteiger partial charge in [-0.3, -0.25) is 4.79 Å². The van der Waals surface area contributed by atoms with Crippen LogP contribution in [0.4, 0.5) is 0 Å². The van der Waals surface area contributed by atoms with Crippen molar-refractivity contribution in [2.24, 2.45) is 0 Å². The highest BCUT2D eigenvalue weighted by Gasteiger charge is 2.26. The third-order valence-electron chi connectivity index (χ3n) is 4.25. The first-order valence-corrected chi connectivity index (χ1v) is 7.81. The fourth-order valence-corrected chi connectivity index (χ4v) is 3.05. The summed E-state index contributed by atoms with van der Waals surface area (Å²) in [6.45, 7) is 2.07. The number of carbonyl (C=O) groups is 1. The van der Waals surface area contributed by atoms with E-state index in [2.05, 4.69) is 36.5 Å². The topological polar surface area (TPSA) is 29.1 Å². The SMILES string of the molecule is Cc1ccccc1C(C(=O)NC1CC=CC1)c1ccccc1. The van der Waals surface area contributed by atoms with E-state index in [4.69, 9.17) is 0 Å². The first-order chi connectivity index (χ1) is 10.8. The third-order valence-corrected chi connectivity index (χ3v) is 4.25. The summed E-state index contributed by atoms with van der Waals surface area (Å²) in [5.74, 6) is -0.155. The van der Waals surface area contributed by atoms with Crippen LogP contribution in [-0.2, 0) is 4.79 Å². The quantitative estimate of drug-likeness (QED) is 0.849. The van der Waals surface area contributed by atoms with Gasteiger partial charge in [-0.2, -0.15) is 0 Å². The summed E-state index contributed by atoms with van der Waals surface area (Å²) in [6, 6.07) is 18.4. The first-order valence-electron chi connectivity index (χ1n) is 7.81. The maximum absolute atomic E-state index is 12.9. The van der Waals surface area contributed by atoms with E-state index < -0.39 is 0 Å². The predicted octanol–water partition coefficient (Wildman–Crippen LogP) is 3.96. The summed E-state index contributed by atoms with van der Waals surface area (Å²) < 4.78 is 0. The van der Waals surface area contributed by atoms with Crippen LogP contribution in [0, 0.1) is 6.92 Å². The van der Waals surface area contributed by atoms with Gasteiger partial charge < -0.3 is 5.32 Å². The van der Waals surface area contributed by atoms with Crippen LogP contribution in [0.15, 0.2) is 66.7 Å². The normalized spacial score (nSPS) is 15.7. The Morgan fingerprint density at radius 1 is 1.00 bits per heavy atom. The highest BCUT2D eigenvalue weighted by Crippen LogP contribution is 2.28. The molecule has 0 heterocycles. The lowest BCUT2D eigenvalue weighted by molar-refractivity contribution is -0.122. The van der Waals surface area contributed by atoms with E-state index in [1.54, 1.807) is 0 Å². The van der Waals surface area contributed by atoms with E-state index in [1.807, 2.05) is 42.5 Å². The highest BCUT2D eigenvalue weighted by atomic mass is 16.1. The molecule has 0 aliphatic heterocycles. The zero-order chi connectivity index (χ0) is 15.4. The molecule has 3 rings (SSSR count). The molecule has 1 aliphatic carbocycles. The van der Waals surface area contributed by atoms with E-state index in [9.17, 15) is 4.79 Å². The second kappa shape index (κ2) is 6.61. The number of benzene rings is 2. The maximum Gasteiger partial charge on any atom is 0.232 e. The van der Waals surface area contributed by atoms with Gasteiger partial charge in [-0.15, -0.1) is 0 Å². The summed E-state index contributed by atoms with van der Waals surface area (Å²) in [6.07, 6.45) is 6.13. The van der Waals surface area contributed by atoms with Crippen molar-refractivity contribution in [3.05, 3.63) is 83.4 Å². The zero-order valence-corrected chi connectivity index (χ0v) is 12.8. The molecule has 0 saturated heterocycles. The molecule has 2 nitrogen and oxygen atoms in total. The van der Waals surface area contributed by atoms with Crippen molar-refractivity contribution in [3.63, 3.8) is 0 Å². The first kappa shape index (κ1) is 14.6. The fraction of sp³-hybridized carbons (Fsp3) is 0.250. The molecule has 1 N–H and O–H groups in total. The smallest absolute Gasteiger partial charge is 0.232 e. The van der Waals surface area contributed by atoms with Crippen molar-refractivity contribution in [2.75, 3.05) is 0 Å². The predicted molar refractivity (Wildman–Crippen MR) is 89.8 cm³/mol. The Balaban J connectivity index is 1.92. The van der Waals surface area contributed by atoms with Crippen molar-refractivity contribution in [3.8, 4) is 0 Å². The molecule has 1 unspecified atom stereocenters. The second-order valence-corrected chi connectivity index (χ2v) is 5.85. The van der Waals surface area contributed by atoms with Crippen molar-refractivity contribution < 1.29 is 4.79 Å². The van der Waals surface area contributed by atoms with Crippen LogP contribution in [0.3, 0.4) is 0 Å². The molecule has 2 aromatic rings. The van der Waals surface area contributed by atoms with Gasteiger partial charge in [0.2, 0.25) is 5.91 Å². The van der Waals surface area contributed by atoms with Gasteiger partial charge in [0.15, 0.2) is 0 Å². The average molecular weight is 291 g/mol. The summed E-state index contributed by atoms with van der Waals surface area (Å²) >= 11 is 0. The Morgan fingerprint density at radius 3 is 2.32 bits per heavy atom.